The number of ether oxygens (including phenoxy) is 1. The van der Waals surface area contributed by atoms with Crippen LogP contribution in [0.15, 0.2) is 48.5 Å². The number of likely N-dealkylation sites (tertiary alicyclic amines) is 1. The van der Waals surface area contributed by atoms with Crippen LogP contribution in [0.2, 0.25) is 5.02 Å². The fourth-order valence-electron chi connectivity index (χ4n) is 3.84. The molecule has 0 unspecified atom stereocenters. The van der Waals surface area contributed by atoms with Gasteiger partial charge < -0.3 is 10.1 Å². The standard InChI is InChI=1S/C24H26ClN3O2S/c1-16-22(31-24(26-16)18-6-8-19(25)9-7-18)23(29)27-20-10-12-28(13-11-20)15-17-4-3-5-21(14-17)30-2/h3-9,14,20H,10-13,15H2,1-2H3,(H,27,29). The summed E-state index contributed by atoms with van der Waals surface area (Å²) >= 11 is 7.41. The number of aryl methyl sites for hydroxylation is 1. The van der Waals surface area contributed by atoms with E-state index in [1.807, 2.05) is 43.3 Å². The van der Waals surface area contributed by atoms with Crippen LogP contribution in [0.3, 0.4) is 0 Å². The average molecular weight is 456 g/mol. The molecule has 162 valence electrons. The van der Waals surface area contributed by atoms with Gasteiger partial charge in [0.15, 0.2) is 0 Å². The van der Waals surface area contributed by atoms with Crippen molar-refractivity contribution in [3.63, 3.8) is 0 Å². The molecule has 0 radical (unpaired) electrons. The molecule has 0 atom stereocenters. The van der Waals surface area contributed by atoms with Crippen molar-refractivity contribution in [2.75, 3.05) is 20.2 Å². The minimum Gasteiger partial charge on any atom is -0.497 e. The van der Waals surface area contributed by atoms with Crippen LogP contribution in [-0.2, 0) is 6.54 Å². The van der Waals surface area contributed by atoms with Crippen LogP contribution in [0.25, 0.3) is 10.6 Å². The number of piperidine rings is 1. The number of carbonyl (C=O) groups is 1. The predicted molar refractivity (Wildman–Crippen MR) is 126 cm³/mol. The van der Waals surface area contributed by atoms with Crippen LogP contribution in [0.5, 0.6) is 5.75 Å². The van der Waals surface area contributed by atoms with E-state index in [-0.39, 0.29) is 11.9 Å². The molecule has 4 rings (SSSR count). The Morgan fingerprint density at radius 2 is 1.97 bits per heavy atom. The first-order chi connectivity index (χ1) is 15.0. The van der Waals surface area contributed by atoms with Gasteiger partial charge in [0.25, 0.3) is 5.91 Å². The molecule has 0 saturated carbocycles. The van der Waals surface area contributed by atoms with E-state index in [1.165, 1.54) is 16.9 Å². The highest BCUT2D eigenvalue weighted by Crippen LogP contribution is 2.29. The predicted octanol–water partition coefficient (Wildman–Crippen LogP) is 5.17. The SMILES string of the molecule is COc1cccc(CN2CCC(NC(=O)c3sc(-c4ccc(Cl)cc4)nc3C)CC2)c1. The second-order valence-corrected chi connectivity index (χ2v) is 9.25. The summed E-state index contributed by atoms with van der Waals surface area (Å²) < 4.78 is 5.32. The molecule has 1 amide bonds. The maximum atomic E-state index is 12.9. The summed E-state index contributed by atoms with van der Waals surface area (Å²) in [6.45, 7) is 4.71. The number of halogens is 1. The van der Waals surface area contributed by atoms with Crippen molar-refractivity contribution in [2.24, 2.45) is 0 Å². The summed E-state index contributed by atoms with van der Waals surface area (Å²) in [6.07, 6.45) is 1.88. The van der Waals surface area contributed by atoms with E-state index in [1.54, 1.807) is 7.11 Å². The number of nitrogens with zero attached hydrogens (tertiary/aromatic N) is 2. The molecule has 3 aromatic rings. The summed E-state index contributed by atoms with van der Waals surface area (Å²) in [5.41, 5.74) is 2.99. The lowest BCUT2D eigenvalue weighted by Crippen LogP contribution is -2.44. The molecule has 0 bridgehead atoms. The number of amides is 1. The zero-order valence-electron chi connectivity index (χ0n) is 17.7. The molecule has 1 aromatic heterocycles. The van der Waals surface area contributed by atoms with E-state index in [0.717, 1.165) is 54.5 Å². The van der Waals surface area contributed by atoms with E-state index < -0.39 is 0 Å². The molecule has 2 heterocycles. The highest BCUT2D eigenvalue weighted by molar-refractivity contribution is 7.17. The van der Waals surface area contributed by atoms with Crippen molar-refractivity contribution in [1.29, 1.82) is 0 Å². The molecule has 1 saturated heterocycles. The van der Waals surface area contributed by atoms with Crippen LogP contribution >= 0.6 is 22.9 Å². The zero-order chi connectivity index (χ0) is 21.8. The highest BCUT2D eigenvalue weighted by Gasteiger charge is 2.23. The average Bonchev–Trinajstić information content (AvgIpc) is 3.17. The molecule has 1 N–H and O–H groups in total. The number of methoxy groups -OCH3 is 1. The number of hydrogen-bond acceptors (Lipinski definition) is 5. The molecule has 7 heteroatoms. The van der Waals surface area contributed by atoms with Crippen molar-refractivity contribution in [1.82, 2.24) is 15.2 Å². The lowest BCUT2D eigenvalue weighted by molar-refractivity contribution is 0.0912. The number of carbonyl (C=O) groups excluding carboxylic acids is 1. The van der Waals surface area contributed by atoms with Crippen molar-refractivity contribution < 1.29 is 9.53 Å². The number of hydrogen-bond donors (Lipinski definition) is 1. The van der Waals surface area contributed by atoms with Crippen molar-refractivity contribution >= 4 is 28.8 Å². The Hall–Kier alpha value is -2.41. The molecule has 2 aromatic carbocycles. The Balaban J connectivity index is 1.32. The smallest absolute Gasteiger partial charge is 0.263 e. The van der Waals surface area contributed by atoms with Crippen LogP contribution in [0.4, 0.5) is 0 Å². The van der Waals surface area contributed by atoms with Gasteiger partial charge in [-0.2, -0.15) is 0 Å². The number of rotatable bonds is 6. The van der Waals surface area contributed by atoms with E-state index in [4.69, 9.17) is 16.3 Å². The van der Waals surface area contributed by atoms with Gasteiger partial charge >= 0.3 is 0 Å². The fraction of sp³-hybridized carbons (Fsp3) is 0.333. The lowest BCUT2D eigenvalue weighted by Gasteiger charge is -2.32. The molecule has 1 fully saturated rings. The second kappa shape index (κ2) is 9.81. The maximum Gasteiger partial charge on any atom is 0.263 e. The van der Waals surface area contributed by atoms with Crippen LogP contribution in [-0.4, -0.2) is 42.0 Å². The molecular formula is C24H26ClN3O2S. The van der Waals surface area contributed by atoms with Crippen LogP contribution in [0, 0.1) is 6.92 Å². The van der Waals surface area contributed by atoms with E-state index in [2.05, 4.69) is 27.3 Å². The first-order valence-electron chi connectivity index (χ1n) is 10.4. The molecule has 1 aliphatic heterocycles. The number of benzene rings is 2. The molecule has 5 nitrogen and oxygen atoms in total. The van der Waals surface area contributed by atoms with Crippen molar-refractivity contribution in [3.8, 4) is 16.3 Å². The molecule has 31 heavy (non-hydrogen) atoms. The number of thiazole rings is 1. The quantitative estimate of drug-likeness (QED) is 0.556. The Labute approximate surface area is 192 Å². The molecule has 1 aliphatic rings. The van der Waals surface area contributed by atoms with Gasteiger partial charge in [-0.1, -0.05) is 35.9 Å². The van der Waals surface area contributed by atoms with Gasteiger partial charge in [-0.05, 0) is 49.6 Å². The fourth-order valence-corrected chi connectivity index (χ4v) is 4.94. The Kier molecular flexibility index (Phi) is 6.90. The zero-order valence-corrected chi connectivity index (χ0v) is 19.3. The molecule has 0 spiro atoms. The van der Waals surface area contributed by atoms with Crippen LogP contribution < -0.4 is 10.1 Å². The summed E-state index contributed by atoms with van der Waals surface area (Å²) in [6, 6.07) is 15.9. The van der Waals surface area contributed by atoms with E-state index in [9.17, 15) is 4.79 Å². The minimum atomic E-state index is -0.0264. The molecule has 0 aliphatic carbocycles. The Bertz CT molecular complexity index is 1040. The summed E-state index contributed by atoms with van der Waals surface area (Å²) in [5, 5.41) is 4.74. The first-order valence-corrected chi connectivity index (χ1v) is 11.6. The van der Waals surface area contributed by atoms with E-state index >= 15 is 0 Å². The topological polar surface area (TPSA) is 54.5 Å². The van der Waals surface area contributed by atoms with Crippen LogP contribution in [0.1, 0.15) is 33.8 Å². The third-order valence-corrected chi connectivity index (χ3v) is 7.01. The monoisotopic (exact) mass is 455 g/mol. The van der Waals surface area contributed by atoms with Crippen molar-refractivity contribution in [3.05, 3.63) is 69.7 Å². The third kappa shape index (κ3) is 5.45. The van der Waals surface area contributed by atoms with Gasteiger partial charge in [0.05, 0.1) is 12.8 Å². The number of aromatic nitrogens is 1. The minimum absolute atomic E-state index is 0.0264. The second-order valence-electron chi connectivity index (χ2n) is 7.82. The maximum absolute atomic E-state index is 12.9. The van der Waals surface area contributed by atoms with Gasteiger partial charge in [-0.25, -0.2) is 4.98 Å². The third-order valence-electron chi connectivity index (χ3n) is 5.56. The summed E-state index contributed by atoms with van der Waals surface area (Å²) in [5.74, 6) is 0.860. The van der Waals surface area contributed by atoms with Crippen molar-refractivity contribution in [2.45, 2.75) is 32.4 Å². The summed E-state index contributed by atoms with van der Waals surface area (Å²) in [7, 11) is 1.69. The van der Waals surface area contributed by atoms with Gasteiger partial charge in [-0.3, -0.25) is 9.69 Å². The van der Waals surface area contributed by atoms with E-state index in [0.29, 0.717) is 9.90 Å². The van der Waals surface area contributed by atoms with Gasteiger partial charge in [0, 0.05) is 36.3 Å². The highest BCUT2D eigenvalue weighted by atomic mass is 35.5. The Morgan fingerprint density at radius 3 is 2.68 bits per heavy atom. The summed E-state index contributed by atoms with van der Waals surface area (Å²) in [4.78, 5) is 20.6. The van der Waals surface area contributed by atoms with Gasteiger partial charge in [0.1, 0.15) is 15.6 Å². The Morgan fingerprint density at radius 1 is 1.23 bits per heavy atom. The largest absolute Gasteiger partial charge is 0.497 e. The number of nitrogens with one attached hydrogen (secondary N) is 1. The lowest BCUT2D eigenvalue weighted by atomic mass is 10.0. The first kappa shape index (κ1) is 21.8. The van der Waals surface area contributed by atoms with Gasteiger partial charge in [-0.15, -0.1) is 11.3 Å². The molecular weight excluding hydrogens is 430 g/mol. The van der Waals surface area contributed by atoms with Gasteiger partial charge in [0.2, 0.25) is 0 Å². The normalized spacial score (nSPS) is 15.1.